The van der Waals surface area contributed by atoms with Crippen molar-refractivity contribution in [2.75, 3.05) is 6.54 Å². The number of ether oxygens (including phenoxy) is 1. The molecular weight excluding hydrogens is 360 g/mol. The van der Waals surface area contributed by atoms with Gasteiger partial charge in [0.1, 0.15) is 18.3 Å². The fraction of sp³-hybridized carbons (Fsp3) is 0.706. The standard InChI is InChI=1S/C17H28N2O8/c1-4-9(5-2)16(24)18-7-11(22)14(23)15-13(19-8(3)20)10(21)6-12(27-15)17(25)26/h6,9-11,13-15,21-23H,4-5,7H2,1-3H3,(H,18,24)(H,19,20)(H,25,26)/t10-,11+,13+,14+,15+/m0/s1. The van der Waals surface area contributed by atoms with Crippen LogP contribution in [0.4, 0.5) is 0 Å². The number of carboxylic acids is 1. The maximum Gasteiger partial charge on any atom is 0.370 e. The van der Waals surface area contributed by atoms with Crippen LogP contribution in [0.3, 0.4) is 0 Å². The van der Waals surface area contributed by atoms with E-state index in [4.69, 9.17) is 9.84 Å². The van der Waals surface area contributed by atoms with Crippen molar-refractivity contribution in [2.45, 2.75) is 64.1 Å². The van der Waals surface area contributed by atoms with Crippen molar-refractivity contribution in [2.24, 2.45) is 5.92 Å². The molecule has 0 aromatic carbocycles. The minimum Gasteiger partial charge on any atom is -0.478 e. The number of carboxylic acid groups (broad SMARTS) is 1. The van der Waals surface area contributed by atoms with Gasteiger partial charge in [-0.3, -0.25) is 9.59 Å². The molecule has 27 heavy (non-hydrogen) atoms. The molecule has 0 saturated heterocycles. The summed E-state index contributed by atoms with van der Waals surface area (Å²) < 4.78 is 5.18. The maximum atomic E-state index is 12.0. The molecule has 0 aromatic heterocycles. The molecule has 1 rings (SSSR count). The van der Waals surface area contributed by atoms with Gasteiger partial charge in [0.15, 0.2) is 6.10 Å². The van der Waals surface area contributed by atoms with Gasteiger partial charge >= 0.3 is 5.97 Å². The second-order valence-corrected chi connectivity index (χ2v) is 6.45. The molecule has 10 nitrogen and oxygen atoms in total. The zero-order chi connectivity index (χ0) is 20.7. The Kier molecular flexibility index (Phi) is 8.67. The molecule has 154 valence electrons. The van der Waals surface area contributed by atoms with Gasteiger partial charge in [-0.05, 0) is 18.9 Å². The molecule has 1 aliphatic rings. The van der Waals surface area contributed by atoms with Gasteiger partial charge in [0, 0.05) is 19.4 Å². The van der Waals surface area contributed by atoms with Crippen LogP contribution >= 0.6 is 0 Å². The van der Waals surface area contributed by atoms with Crippen molar-refractivity contribution in [1.29, 1.82) is 0 Å². The SMILES string of the molecule is CCC(CC)C(=O)NC[C@@H](O)[C@@H](O)[C@@H]1OC(C(=O)O)=C[C@H](O)[C@H]1NC(C)=O. The van der Waals surface area contributed by atoms with Gasteiger partial charge in [0.25, 0.3) is 0 Å². The summed E-state index contributed by atoms with van der Waals surface area (Å²) >= 11 is 0. The fourth-order valence-corrected chi connectivity index (χ4v) is 2.87. The lowest BCUT2D eigenvalue weighted by Gasteiger charge is -2.38. The van der Waals surface area contributed by atoms with Crippen LogP contribution in [0.25, 0.3) is 0 Å². The number of carbonyl (C=O) groups excluding carboxylic acids is 2. The van der Waals surface area contributed by atoms with Gasteiger partial charge in [-0.1, -0.05) is 13.8 Å². The Morgan fingerprint density at radius 2 is 1.81 bits per heavy atom. The van der Waals surface area contributed by atoms with E-state index in [2.05, 4.69) is 10.6 Å². The number of nitrogens with one attached hydrogen (secondary N) is 2. The first-order chi connectivity index (χ1) is 12.6. The van der Waals surface area contributed by atoms with Gasteiger partial charge < -0.3 is 35.8 Å². The predicted octanol–water partition coefficient (Wildman–Crippen LogP) is -1.51. The van der Waals surface area contributed by atoms with Gasteiger partial charge in [0.2, 0.25) is 17.6 Å². The fourth-order valence-electron chi connectivity index (χ4n) is 2.87. The van der Waals surface area contributed by atoms with Crippen molar-refractivity contribution >= 4 is 17.8 Å². The van der Waals surface area contributed by atoms with E-state index < -0.39 is 48.1 Å². The largest absolute Gasteiger partial charge is 0.478 e. The van der Waals surface area contributed by atoms with Crippen LogP contribution in [0.2, 0.25) is 0 Å². The molecule has 1 aliphatic heterocycles. The molecule has 1 heterocycles. The topological polar surface area (TPSA) is 165 Å². The number of hydrogen-bond donors (Lipinski definition) is 6. The highest BCUT2D eigenvalue weighted by molar-refractivity contribution is 5.84. The van der Waals surface area contributed by atoms with Gasteiger partial charge in [-0.15, -0.1) is 0 Å². The van der Waals surface area contributed by atoms with E-state index in [0.29, 0.717) is 12.8 Å². The molecule has 10 heteroatoms. The highest BCUT2D eigenvalue weighted by Gasteiger charge is 2.43. The van der Waals surface area contributed by atoms with Crippen LogP contribution in [0.5, 0.6) is 0 Å². The molecule has 2 amide bonds. The third kappa shape index (κ3) is 6.19. The van der Waals surface area contributed by atoms with Crippen LogP contribution in [0.1, 0.15) is 33.6 Å². The lowest BCUT2D eigenvalue weighted by Crippen LogP contribution is -2.60. The summed E-state index contributed by atoms with van der Waals surface area (Å²) in [6, 6.07) is -1.18. The van der Waals surface area contributed by atoms with E-state index in [9.17, 15) is 29.7 Å². The van der Waals surface area contributed by atoms with Crippen molar-refractivity contribution in [3.05, 3.63) is 11.8 Å². The van der Waals surface area contributed by atoms with E-state index in [-0.39, 0.29) is 18.4 Å². The summed E-state index contributed by atoms with van der Waals surface area (Å²) in [6.45, 7) is 4.59. The lowest BCUT2D eigenvalue weighted by molar-refractivity contribution is -0.147. The summed E-state index contributed by atoms with van der Waals surface area (Å²) in [7, 11) is 0. The number of rotatable bonds is 9. The molecule has 0 unspecified atom stereocenters. The maximum absolute atomic E-state index is 12.0. The second-order valence-electron chi connectivity index (χ2n) is 6.45. The Bertz CT molecular complexity index is 575. The van der Waals surface area contributed by atoms with E-state index in [1.807, 2.05) is 13.8 Å². The Labute approximate surface area is 157 Å². The van der Waals surface area contributed by atoms with Crippen molar-refractivity contribution in [3.8, 4) is 0 Å². The summed E-state index contributed by atoms with van der Waals surface area (Å²) in [5, 5.41) is 44.6. The summed E-state index contributed by atoms with van der Waals surface area (Å²) in [5.74, 6) is -3.12. The summed E-state index contributed by atoms with van der Waals surface area (Å²) in [6.07, 6.45) is -3.92. The third-order valence-electron chi connectivity index (χ3n) is 4.46. The normalized spacial score (nSPS) is 24.4. The number of amides is 2. The number of carbonyl (C=O) groups is 3. The van der Waals surface area contributed by atoms with E-state index in [1.54, 1.807) is 0 Å². The number of aliphatic hydroxyl groups excluding tert-OH is 3. The Hall–Kier alpha value is -2.17. The van der Waals surface area contributed by atoms with E-state index in [1.165, 1.54) is 6.92 Å². The van der Waals surface area contributed by atoms with Crippen LogP contribution in [-0.4, -0.2) is 75.2 Å². The molecule has 0 spiro atoms. The molecule has 0 radical (unpaired) electrons. The molecule has 0 saturated carbocycles. The smallest absolute Gasteiger partial charge is 0.370 e. The van der Waals surface area contributed by atoms with Crippen molar-refractivity contribution < 1.29 is 39.5 Å². The van der Waals surface area contributed by atoms with Crippen molar-refractivity contribution in [3.63, 3.8) is 0 Å². The number of aliphatic hydroxyl groups is 3. The first kappa shape index (κ1) is 22.9. The van der Waals surface area contributed by atoms with Gasteiger partial charge in [-0.25, -0.2) is 4.79 Å². The quantitative estimate of drug-likeness (QED) is 0.277. The molecule has 0 aliphatic carbocycles. The zero-order valence-electron chi connectivity index (χ0n) is 15.6. The van der Waals surface area contributed by atoms with Gasteiger partial charge in [0.05, 0.1) is 6.04 Å². The average Bonchev–Trinajstić information content (AvgIpc) is 2.61. The Morgan fingerprint density at radius 3 is 2.30 bits per heavy atom. The first-order valence-electron chi connectivity index (χ1n) is 8.83. The van der Waals surface area contributed by atoms with Crippen LogP contribution in [0, 0.1) is 5.92 Å². The summed E-state index contributed by atoms with van der Waals surface area (Å²) in [5.41, 5.74) is 0. The van der Waals surface area contributed by atoms with Crippen LogP contribution < -0.4 is 10.6 Å². The van der Waals surface area contributed by atoms with Crippen LogP contribution in [0.15, 0.2) is 11.8 Å². The zero-order valence-corrected chi connectivity index (χ0v) is 15.6. The molecule has 6 N–H and O–H groups in total. The van der Waals surface area contributed by atoms with Crippen molar-refractivity contribution in [1.82, 2.24) is 10.6 Å². The molecular formula is C17H28N2O8. The minimum absolute atomic E-state index is 0.226. The number of hydrogen-bond acceptors (Lipinski definition) is 7. The molecule has 0 aromatic rings. The number of aliphatic carboxylic acids is 1. The summed E-state index contributed by atoms with van der Waals surface area (Å²) in [4.78, 5) is 34.5. The van der Waals surface area contributed by atoms with Crippen LogP contribution in [-0.2, 0) is 19.1 Å². The highest BCUT2D eigenvalue weighted by Crippen LogP contribution is 2.23. The molecule has 0 fully saturated rings. The Morgan fingerprint density at radius 1 is 1.22 bits per heavy atom. The van der Waals surface area contributed by atoms with E-state index >= 15 is 0 Å². The van der Waals surface area contributed by atoms with Gasteiger partial charge in [-0.2, -0.15) is 0 Å². The first-order valence-corrected chi connectivity index (χ1v) is 8.83. The Balaban J connectivity index is 2.87. The van der Waals surface area contributed by atoms with E-state index in [0.717, 1.165) is 6.08 Å². The third-order valence-corrected chi connectivity index (χ3v) is 4.46. The average molecular weight is 388 g/mol. The molecule has 0 bridgehead atoms. The monoisotopic (exact) mass is 388 g/mol. The molecule has 5 atom stereocenters. The predicted molar refractivity (Wildman–Crippen MR) is 93.3 cm³/mol. The second kappa shape index (κ2) is 10.2. The minimum atomic E-state index is -1.68. The highest BCUT2D eigenvalue weighted by atomic mass is 16.5. The lowest BCUT2D eigenvalue weighted by atomic mass is 9.93.